The molecule has 0 saturated carbocycles. The first-order valence-corrected chi connectivity index (χ1v) is 7.28. The fraction of sp³-hybridized carbons (Fsp3) is 0.333. The van der Waals surface area contributed by atoms with Gasteiger partial charge in [0.05, 0.1) is 6.61 Å². The van der Waals surface area contributed by atoms with E-state index >= 15 is 0 Å². The van der Waals surface area contributed by atoms with Crippen LogP contribution in [0.4, 0.5) is 4.39 Å². The number of rotatable bonds is 6. The molecule has 0 spiro atoms. The fourth-order valence-electron chi connectivity index (χ4n) is 2.29. The van der Waals surface area contributed by atoms with Crippen molar-refractivity contribution in [2.45, 2.75) is 32.2 Å². The summed E-state index contributed by atoms with van der Waals surface area (Å²) < 4.78 is 19.3. The fourth-order valence-corrected chi connectivity index (χ4v) is 2.29. The van der Waals surface area contributed by atoms with E-state index < -0.39 is 5.54 Å². The molecule has 21 heavy (non-hydrogen) atoms. The lowest BCUT2D eigenvalue weighted by atomic mass is 9.86. The number of benzene rings is 2. The lowest BCUT2D eigenvalue weighted by Gasteiger charge is -2.26. The van der Waals surface area contributed by atoms with Gasteiger partial charge in [0.15, 0.2) is 0 Å². The predicted molar refractivity (Wildman–Crippen MR) is 83.9 cm³/mol. The molecule has 1 atom stereocenters. The molecule has 0 aromatic heterocycles. The summed E-state index contributed by atoms with van der Waals surface area (Å²) in [6, 6.07) is 14.5. The molecule has 0 radical (unpaired) electrons. The quantitative estimate of drug-likeness (QED) is 0.870. The van der Waals surface area contributed by atoms with Crippen molar-refractivity contribution in [3.8, 4) is 5.75 Å². The SMILES string of the molecule is CCCOc1ccc(C(C)(N)Cc2ccccc2F)cc1. The van der Waals surface area contributed by atoms with Crippen LogP contribution in [-0.2, 0) is 12.0 Å². The number of nitrogens with two attached hydrogens (primary N) is 1. The molecule has 0 aliphatic heterocycles. The largest absolute Gasteiger partial charge is 0.494 e. The van der Waals surface area contributed by atoms with Crippen LogP contribution < -0.4 is 10.5 Å². The molecule has 2 rings (SSSR count). The van der Waals surface area contributed by atoms with Crippen LogP contribution >= 0.6 is 0 Å². The summed E-state index contributed by atoms with van der Waals surface area (Å²) >= 11 is 0. The van der Waals surface area contributed by atoms with Crippen molar-refractivity contribution in [3.05, 3.63) is 65.5 Å². The third-order valence-electron chi connectivity index (χ3n) is 3.50. The van der Waals surface area contributed by atoms with Gasteiger partial charge >= 0.3 is 0 Å². The van der Waals surface area contributed by atoms with Gasteiger partial charge in [-0.2, -0.15) is 0 Å². The summed E-state index contributed by atoms with van der Waals surface area (Å²) in [7, 11) is 0. The van der Waals surface area contributed by atoms with Gasteiger partial charge in [-0.3, -0.25) is 0 Å². The molecule has 0 aliphatic carbocycles. The summed E-state index contributed by atoms with van der Waals surface area (Å²) in [5, 5.41) is 0. The molecule has 0 bridgehead atoms. The Kier molecular flexibility index (Phi) is 4.97. The molecule has 0 heterocycles. The first-order chi connectivity index (χ1) is 10.0. The second kappa shape index (κ2) is 6.72. The number of hydrogen-bond donors (Lipinski definition) is 1. The van der Waals surface area contributed by atoms with Crippen molar-refractivity contribution in [2.24, 2.45) is 5.73 Å². The van der Waals surface area contributed by atoms with E-state index in [1.54, 1.807) is 12.1 Å². The van der Waals surface area contributed by atoms with Crippen LogP contribution in [0, 0.1) is 5.82 Å². The zero-order chi connectivity index (χ0) is 15.3. The van der Waals surface area contributed by atoms with Crippen molar-refractivity contribution < 1.29 is 9.13 Å². The maximum Gasteiger partial charge on any atom is 0.126 e. The van der Waals surface area contributed by atoms with Gasteiger partial charge in [0.2, 0.25) is 0 Å². The Hall–Kier alpha value is -1.87. The summed E-state index contributed by atoms with van der Waals surface area (Å²) in [5.74, 6) is 0.624. The van der Waals surface area contributed by atoms with E-state index in [9.17, 15) is 4.39 Å². The van der Waals surface area contributed by atoms with Crippen LogP contribution in [0.3, 0.4) is 0 Å². The number of hydrogen-bond acceptors (Lipinski definition) is 2. The maximum absolute atomic E-state index is 13.8. The minimum Gasteiger partial charge on any atom is -0.494 e. The summed E-state index contributed by atoms with van der Waals surface area (Å²) in [6.45, 7) is 4.69. The van der Waals surface area contributed by atoms with Crippen LogP contribution in [0.15, 0.2) is 48.5 Å². The van der Waals surface area contributed by atoms with E-state index in [4.69, 9.17) is 10.5 Å². The summed E-state index contributed by atoms with van der Waals surface area (Å²) in [6.07, 6.45) is 1.43. The Morgan fingerprint density at radius 3 is 2.38 bits per heavy atom. The average Bonchev–Trinajstić information content (AvgIpc) is 2.48. The van der Waals surface area contributed by atoms with E-state index in [0.717, 1.165) is 17.7 Å². The van der Waals surface area contributed by atoms with Crippen LogP contribution in [0.1, 0.15) is 31.4 Å². The molecule has 112 valence electrons. The van der Waals surface area contributed by atoms with Crippen LogP contribution in [0.5, 0.6) is 5.75 Å². The molecule has 3 heteroatoms. The first-order valence-electron chi connectivity index (χ1n) is 7.28. The topological polar surface area (TPSA) is 35.2 Å². The van der Waals surface area contributed by atoms with Crippen LogP contribution in [0.2, 0.25) is 0 Å². The Labute approximate surface area is 125 Å². The number of halogens is 1. The molecule has 2 aromatic rings. The lowest BCUT2D eigenvalue weighted by Crippen LogP contribution is -2.35. The van der Waals surface area contributed by atoms with Gasteiger partial charge in [-0.15, -0.1) is 0 Å². The van der Waals surface area contributed by atoms with E-state index in [1.807, 2.05) is 37.3 Å². The zero-order valence-electron chi connectivity index (χ0n) is 12.6. The highest BCUT2D eigenvalue weighted by Crippen LogP contribution is 2.25. The molecule has 2 aromatic carbocycles. The van der Waals surface area contributed by atoms with Gasteiger partial charge in [-0.05, 0) is 49.1 Å². The second-order valence-electron chi connectivity index (χ2n) is 5.56. The highest BCUT2D eigenvalue weighted by Gasteiger charge is 2.23. The van der Waals surface area contributed by atoms with E-state index in [2.05, 4.69) is 6.92 Å². The summed E-state index contributed by atoms with van der Waals surface area (Å²) in [5.41, 5.74) is 7.36. The smallest absolute Gasteiger partial charge is 0.126 e. The van der Waals surface area contributed by atoms with E-state index in [1.165, 1.54) is 6.07 Å². The Morgan fingerprint density at radius 2 is 1.76 bits per heavy atom. The van der Waals surface area contributed by atoms with E-state index in [-0.39, 0.29) is 5.82 Å². The second-order valence-corrected chi connectivity index (χ2v) is 5.56. The Bertz CT molecular complexity index is 578. The summed E-state index contributed by atoms with van der Waals surface area (Å²) in [4.78, 5) is 0. The first kappa shape index (κ1) is 15.5. The highest BCUT2D eigenvalue weighted by molar-refractivity contribution is 5.33. The van der Waals surface area contributed by atoms with Crippen LogP contribution in [-0.4, -0.2) is 6.61 Å². The molecule has 0 fully saturated rings. The van der Waals surface area contributed by atoms with Crippen molar-refractivity contribution in [1.82, 2.24) is 0 Å². The third-order valence-corrected chi connectivity index (χ3v) is 3.50. The Balaban J connectivity index is 2.13. The molecule has 1 unspecified atom stereocenters. The average molecular weight is 287 g/mol. The van der Waals surface area contributed by atoms with Gasteiger partial charge in [0.25, 0.3) is 0 Å². The molecule has 2 nitrogen and oxygen atoms in total. The van der Waals surface area contributed by atoms with Gasteiger partial charge < -0.3 is 10.5 Å². The molecular formula is C18H22FNO. The minimum absolute atomic E-state index is 0.211. The van der Waals surface area contributed by atoms with Crippen molar-refractivity contribution in [2.75, 3.05) is 6.61 Å². The predicted octanol–water partition coefficient (Wildman–Crippen LogP) is 4.03. The van der Waals surface area contributed by atoms with E-state index in [0.29, 0.717) is 18.6 Å². The van der Waals surface area contributed by atoms with Gasteiger partial charge in [-0.25, -0.2) is 4.39 Å². The van der Waals surface area contributed by atoms with Crippen LogP contribution in [0.25, 0.3) is 0 Å². The zero-order valence-corrected chi connectivity index (χ0v) is 12.6. The van der Waals surface area contributed by atoms with Gasteiger partial charge in [0.1, 0.15) is 11.6 Å². The van der Waals surface area contributed by atoms with Crippen molar-refractivity contribution in [3.63, 3.8) is 0 Å². The highest BCUT2D eigenvalue weighted by atomic mass is 19.1. The standard InChI is InChI=1S/C18H22FNO/c1-3-12-21-16-10-8-15(9-11-16)18(2,20)13-14-6-4-5-7-17(14)19/h4-11H,3,12-13,20H2,1-2H3. The molecule has 0 amide bonds. The third kappa shape index (κ3) is 4.05. The minimum atomic E-state index is -0.620. The molecular weight excluding hydrogens is 265 g/mol. The normalized spacial score (nSPS) is 13.7. The molecule has 0 aliphatic rings. The van der Waals surface area contributed by atoms with Gasteiger partial charge in [-0.1, -0.05) is 37.3 Å². The van der Waals surface area contributed by atoms with Gasteiger partial charge in [0, 0.05) is 5.54 Å². The van der Waals surface area contributed by atoms with Crippen molar-refractivity contribution >= 4 is 0 Å². The maximum atomic E-state index is 13.8. The molecule has 0 saturated heterocycles. The lowest BCUT2D eigenvalue weighted by molar-refractivity contribution is 0.317. The monoisotopic (exact) mass is 287 g/mol. The molecule has 2 N–H and O–H groups in total. The Morgan fingerprint density at radius 1 is 1.10 bits per heavy atom. The number of ether oxygens (including phenoxy) is 1. The van der Waals surface area contributed by atoms with Crippen molar-refractivity contribution in [1.29, 1.82) is 0 Å².